The zero-order chi connectivity index (χ0) is 24.3. The predicted octanol–water partition coefficient (Wildman–Crippen LogP) is 4.92. The lowest BCUT2D eigenvalue weighted by Crippen LogP contribution is -2.32. The number of aliphatic hydroxyl groups excluding tert-OH is 1. The van der Waals surface area contributed by atoms with Gasteiger partial charge in [0.2, 0.25) is 0 Å². The molecule has 3 rings (SSSR count). The molecule has 2 aromatic carbocycles. The first kappa shape index (κ1) is 25.0. The highest BCUT2D eigenvalue weighted by Gasteiger charge is 2.45. The molecular weight excluding hydrogens is 484 g/mol. The van der Waals surface area contributed by atoms with Gasteiger partial charge in [0.05, 0.1) is 17.7 Å². The summed E-state index contributed by atoms with van der Waals surface area (Å²) in [5.41, 5.74) is 2.22. The number of carbonyl (C=O) groups is 2. The normalized spacial score (nSPS) is 17.9. The van der Waals surface area contributed by atoms with Crippen LogP contribution in [0.3, 0.4) is 0 Å². The van der Waals surface area contributed by atoms with Crippen LogP contribution in [0.2, 0.25) is 0 Å². The van der Waals surface area contributed by atoms with Crippen molar-refractivity contribution in [2.45, 2.75) is 39.3 Å². The summed E-state index contributed by atoms with van der Waals surface area (Å²) in [4.78, 5) is 29.7. The molecule has 0 radical (unpaired) electrons. The van der Waals surface area contributed by atoms with Crippen molar-refractivity contribution in [1.82, 2.24) is 9.80 Å². The molecule has 1 N–H and O–H groups in total. The van der Waals surface area contributed by atoms with Crippen LogP contribution in [0.4, 0.5) is 0 Å². The summed E-state index contributed by atoms with van der Waals surface area (Å²) in [5.74, 6) is -0.698. The van der Waals surface area contributed by atoms with Gasteiger partial charge in [0.1, 0.15) is 11.5 Å². The van der Waals surface area contributed by atoms with E-state index in [1.807, 2.05) is 64.0 Å². The molecule has 1 atom stereocenters. The second-order valence-corrected chi connectivity index (χ2v) is 9.76. The van der Waals surface area contributed by atoms with Gasteiger partial charge < -0.3 is 19.6 Å². The second-order valence-electron chi connectivity index (χ2n) is 8.85. The summed E-state index contributed by atoms with van der Waals surface area (Å²) >= 11 is 3.44. The number of amides is 1. The van der Waals surface area contributed by atoms with Crippen molar-refractivity contribution in [3.63, 3.8) is 0 Å². The van der Waals surface area contributed by atoms with E-state index in [2.05, 4.69) is 15.9 Å². The SMILES string of the molecule is Cc1cc(/C(O)=C2\C(=O)C(=O)N(CCCN(C)C)[C@H]2c2ccc(Br)cc2)ccc1OC(C)C. The topological polar surface area (TPSA) is 70.1 Å². The van der Waals surface area contributed by atoms with Crippen LogP contribution in [0.1, 0.15) is 43.0 Å². The Morgan fingerprint density at radius 2 is 1.82 bits per heavy atom. The van der Waals surface area contributed by atoms with Crippen molar-refractivity contribution in [2.75, 3.05) is 27.2 Å². The molecule has 1 saturated heterocycles. The Labute approximate surface area is 204 Å². The quantitative estimate of drug-likeness (QED) is 0.307. The van der Waals surface area contributed by atoms with E-state index in [-0.39, 0.29) is 17.4 Å². The van der Waals surface area contributed by atoms with Crippen LogP contribution in [-0.2, 0) is 9.59 Å². The van der Waals surface area contributed by atoms with Crippen molar-refractivity contribution >= 4 is 33.4 Å². The van der Waals surface area contributed by atoms with E-state index in [1.54, 1.807) is 23.1 Å². The Bertz CT molecular complexity index is 1060. The number of rotatable bonds is 8. The van der Waals surface area contributed by atoms with Crippen LogP contribution in [0, 0.1) is 6.92 Å². The highest BCUT2D eigenvalue weighted by molar-refractivity contribution is 9.10. The molecule has 176 valence electrons. The number of aryl methyl sites for hydroxylation is 1. The molecule has 7 heteroatoms. The second kappa shape index (κ2) is 10.5. The van der Waals surface area contributed by atoms with Crippen molar-refractivity contribution < 1.29 is 19.4 Å². The number of ketones is 1. The zero-order valence-corrected chi connectivity index (χ0v) is 21.3. The minimum absolute atomic E-state index is 0.0213. The van der Waals surface area contributed by atoms with Gasteiger partial charge in [0, 0.05) is 16.6 Å². The van der Waals surface area contributed by atoms with Crippen molar-refractivity contribution in [3.8, 4) is 5.75 Å². The Balaban J connectivity index is 2.07. The molecule has 0 saturated carbocycles. The van der Waals surface area contributed by atoms with Gasteiger partial charge in [-0.2, -0.15) is 0 Å². The molecule has 6 nitrogen and oxygen atoms in total. The largest absolute Gasteiger partial charge is 0.507 e. The van der Waals surface area contributed by atoms with Crippen LogP contribution in [0.25, 0.3) is 5.76 Å². The van der Waals surface area contributed by atoms with Gasteiger partial charge in [0.25, 0.3) is 11.7 Å². The fourth-order valence-corrected chi connectivity index (χ4v) is 4.26. The Morgan fingerprint density at radius 3 is 2.39 bits per heavy atom. The third kappa shape index (κ3) is 5.65. The number of aliphatic hydroxyl groups is 1. The van der Waals surface area contributed by atoms with Crippen molar-refractivity contribution in [3.05, 3.63) is 69.2 Å². The minimum Gasteiger partial charge on any atom is -0.507 e. The molecule has 2 aromatic rings. The molecule has 0 aromatic heterocycles. The summed E-state index contributed by atoms with van der Waals surface area (Å²) in [6.45, 7) is 6.99. The van der Waals surface area contributed by atoms with Crippen LogP contribution in [-0.4, -0.2) is 59.9 Å². The molecule has 0 unspecified atom stereocenters. The van der Waals surface area contributed by atoms with E-state index in [0.717, 1.165) is 27.9 Å². The Hall–Kier alpha value is -2.64. The molecule has 1 heterocycles. The maximum Gasteiger partial charge on any atom is 0.295 e. The number of halogens is 1. The number of hydrogen-bond donors (Lipinski definition) is 1. The van der Waals surface area contributed by atoms with E-state index in [9.17, 15) is 14.7 Å². The average Bonchev–Trinajstić information content (AvgIpc) is 2.99. The number of benzene rings is 2. The van der Waals surface area contributed by atoms with Crippen LogP contribution < -0.4 is 4.74 Å². The van der Waals surface area contributed by atoms with Gasteiger partial charge in [0.15, 0.2) is 0 Å². The van der Waals surface area contributed by atoms with Gasteiger partial charge in [-0.1, -0.05) is 28.1 Å². The minimum atomic E-state index is -0.662. The van der Waals surface area contributed by atoms with Crippen LogP contribution in [0.5, 0.6) is 5.75 Å². The molecule has 0 aliphatic carbocycles. The molecule has 1 aliphatic heterocycles. The number of ether oxygens (including phenoxy) is 1. The van der Waals surface area contributed by atoms with E-state index in [0.29, 0.717) is 18.5 Å². The fourth-order valence-electron chi connectivity index (χ4n) is 4.00. The molecule has 1 aliphatic rings. The average molecular weight is 515 g/mol. The highest BCUT2D eigenvalue weighted by atomic mass is 79.9. The first-order chi connectivity index (χ1) is 15.6. The smallest absolute Gasteiger partial charge is 0.295 e. The van der Waals surface area contributed by atoms with E-state index >= 15 is 0 Å². The maximum absolute atomic E-state index is 13.1. The summed E-state index contributed by atoms with van der Waals surface area (Å²) in [5, 5.41) is 11.2. The molecule has 0 bridgehead atoms. The van der Waals surface area contributed by atoms with Gasteiger partial charge in [-0.05, 0) is 89.3 Å². The third-order valence-electron chi connectivity index (χ3n) is 5.54. The Kier molecular flexibility index (Phi) is 7.97. The van der Waals surface area contributed by atoms with Crippen LogP contribution >= 0.6 is 15.9 Å². The summed E-state index contributed by atoms with van der Waals surface area (Å²) in [7, 11) is 3.94. The fraction of sp³-hybridized carbons (Fsp3) is 0.385. The lowest BCUT2D eigenvalue weighted by molar-refractivity contribution is -0.139. The first-order valence-corrected chi connectivity index (χ1v) is 11.9. The number of nitrogens with zero attached hydrogens (tertiary/aromatic N) is 2. The van der Waals surface area contributed by atoms with E-state index in [4.69, 9.17) is 4.74 Å². The van der Waals surface area contributed by atoms with Crippen molar-refractivity contribution in [2.24, 2.45) is 0 Å². The van der Waals surface area contributed by atoms with Crippen LogP contribution in [0.15, 0.2) is 52.5 Å². The van der Waals surface area contributed by atoms with Gasteiger partial charge in [-0.25, -0.2) is 0 Å². The first-order valence-electron chi connectivity index (χ1n) is 11.1. The maximum atomic E-state index is 13.1. The number of Topliss-reactive ketones (excluding diaryl/α,β-unsaturated/α-hetero) is 1. The van der Waals surface area contributed by atoms with E-state index < -0.39 is 17.7 Å². The highest BCUT2D eigenvalue weighted by Crippen LogP contribution is 2.40. The zero-order valence-electron chi connectivity index (χ0n) is 19.8. The standard InChI is InChI=1S/C26H31BrN2O4/c1-16(2)33-21-12-9-19(15-17(21)3)24(30)22-23(18-7-10-20(27)11-8-18)29(26(32)25(22)31)14-6-13-28(4)5/h7-12,15-16,23,30H,6,13-14H2,1-5H3/b24-22+/t23-/m0/s1. The lowest BCUT2D eigenvalue weighted by atomic mass is 9.94. The monoisotopic (exact) mass is 514 g/mol. The van der Waals surface area contributed by atoms with Gasteiger partial charge in [-0.3, -0.25) is 9.59 Å². The Morgan fingerprint density at radius 1 is 1.15 bits per heavy atom. The molecule has 1 fully saturated rings. The number of likely N-dealkylation sites (tertiary alicyclic amines) is 1. The lowest BCUT2D eigenvalue weighted by Gasteiger charge is -2.26. The van der Waals surface area contributed by atoms with Crippen molar-refractivity contribution in [1.29, 1.82) is 0 Å². The van der Waals surface area contributed by atoms with Gasteiger partial charge >= 0.3 is 0 Å². The molecule has 1 amide bonds. The molecule has 33 heavy (non-hydrogen) atoms. The summed E-state index contributed by atoms with van der Waals surface area (Å²) < 4.78 is 6.69. The summed E-state index contributed by atoms with van der Waals surface area (Å²) in [6.07, 6.45) is 0.737. The van der Waals surface area contributed by atoms with E-state index in [1.165, 1.54) is 0 Å². The van der Waals surface area contributed by atoms with Gasteiger partial charge in [-0.15, -0.1) is 0 Å². The molecule has 0 spiro atoms. The predicted molar refractivity (Wildman–Crippen MR) is 133 cm³/mol. The summed E-state index contributed by atoms with van der Waals surface area (Å²) in [6, 6.07) is 12.1. The number of hydrogen-bond acceptors (Lipinski definition) is 5. The number of carbonyl (C=O) groups excluding carboxylic acids is 2. The molecular formula is C26H31BrN2O4. The third-order valence-corrected chi connectivity index (χ3v) is 6.07.